The number of thiophene rings is 1. The van der Waals surface area contributed by atoms with E-state index in [1.165, 1.54) is 29.5 Å². The molecule has 212 valence electrons. The van der Waals surface area contributed by atoms with Gasteiger partial charge in [-0.25, -0.2) is 9.18 Å². The third-order valence-electron chi connectivity index (χ3n) is 5.98. The molecule has 3 aromatic heterocycles. The van der Waals surface area contributed by atoms with Gasteiger partial charge in [-0.15, -0.1) is 21.5 Å². The number of aromatic amines is 1. The maximum Gasteiger partial charge on any atom is 0.407 e. The van der Waals surface area contributed by atoms with E-state index in [9.17, 15) is 14.0 Å². The monoisotopic (exact) mass is 576 g/mol. The van der Waals surface area contributed by atoms with Gasteiger partial charge < -0.3 is 24.5 Å². The maximum absolute atomic E-state index is 14.2. The van der Waals surface area contributed by atoms with Gasteiger partial charge in [0.1, 0.15) is 35.2 Å². The Labute approximate surface area is 239 Å². The molecule has 0 radical (unpaired) electrons. The van der Waals surface area contributed by atoms with Gasteiger partial charge in [0.2, 0.25) is 5.56 Å². The van der Waals surface area contributed by atoms with E-state index in [1.807, 2.05) is 29.6 Å². The van der Waals surface area contributed by atoms with Crippen LogP contribution in [0.25, 0.3) is 43.5 Å². The van der Waals surface area contributed by atoms with Crippen molar-refractivity contribution < 1.29 is 23.4 Å². The first kappa shape index (κ1) is 28.2. The minimum absolute atomic E-state index is 0.164. The van der Waals surface area contributed by atoms with Gasteiger partial charge in [-0.05, 0) is 61.9 Å². The molecular formula is C30H29FN4O5S. The smallest absolute Gasteiger partial charge is 0.407 e. The van der Waals surface area contributed by atoms with Gasteiger partial charge in [0, 0.05) is 40.7 Å². The molecule has 0 spiro atoms. The number of carbonyl (C=O) groups is 1. The molecule has 2 aromatic carbocycles. The lowest BCUT2D eigenvalue weighted by molar-refractivity contribution is 0.0489. The minimum atomic E-state index is -0.571. The number of amides is 1. The van der Waals surface area contributed by atoms with E-state index in [-0.39, 0.29) is 31.9 Å². The van der Waals surface area contributed by atoms with Crippen molar-refractivity contribution in [2.45, 2.75) is 26.4 Å². The normalized spacial score (nSPS) is 11.6. The van der Waals surface area contributed by atoms with Crippen molar-refractivity contribution >= 4 is 38.4 Å². The SMILES string of the molecule is CC(C)(C)OC(=O)NCCOCCOc1cc(F)ccc1-c1nnc(-c2ccc3ccc(=O)[nH]c3c2)c2ccsc12. The van der Waals surface area contributed by atoms with E-state index in [2.05, 4.69) is 20.5 Å². The van der Waals surface area contributed by atoms with Crippen LogP contribution in [0, 0.1) is 5.82 Å². The summed E-state index contributed by atoms with van der Waals surface area (Å²) < 4.78 is 31.7. The molecular weight excluding hydrogens is 547 g/mol. The Hall–Kier alpha value is -4.35. The molecule has 0 unspecified atom stereocenters. The van der Waals surface area contributed by atoms with Crippen molar-refractivity contribution in [2.24, 2.45) is 0 Å². The Bertz CT molecular complexity index is 1760. The third-order valence-corrected chi connectivity index (χ3v) is 6.90. The Balaban J connectivity index is 1.30. The van der Waals surface area contributed by atoms with E-state index in [0.29, 0.717) is 28.2 Å². The van der Waals surface area contributed by atoms with E-state index >= 15 is 0 Å². The highest BCUT2D eigenvalue weighted by molar-refractivity contribution is 7.17. The van der Waals surface area contributed by atoms with Gasteiger partial charge in [-0.1, -0.05) is 12.1 Å². The van der Waals surface area contributed by atoms with Crippen molar-refractivity contribution in [1.29, 1.82) is 0 Å². The minimum Gasteiger partial charge on any atom is -0.490 e. The van der Waals surface area contributed by atoms with Crippen molar-refractivity contribution in [3.05, 3.63) is 76.1 Å². The van der Waals surface area contributed by atoms with Gasteiger partial charge in [0.05, 0.1) is 17.9 Å². The first-order chi connectivity index (χ1) is 19.7. The lowest BCUT2D eigenvalue weighted by Crippen LogP contribution is -2.34. The van der Waals surface area contributed by atoms with E-state index in [4.69, 9.17) is 14.2 Å². The molecule has 41 heavy (non-hydrogen) atoms. The lowest BCUT2D eigenvalue weighted by Gasteiger charge is -2.19. The van der Waals surface area contributed by atoms with Gasteiger partial charge in [0.15, 0.2) is 0 Å². The van der Waals surface area contributed by atoms with Crippen LogP contribution in [0.2, 0.25) is 0 Å². The zero-order valence-corrected chi connectivity index (χ0v) is 23.6. The zero-order valence-electron chi connectivity index (χ0n) is 22.8. The van der Waals surface area contributed by atoms with Crippen molar-refractivity contribution in [2.75, 3.05) is 26.4 Å². The molecule has 5 rings (SSSR count). The summed E-state index contributed by atoms with van der Waals surface area (Å²) in [5.74, 6) is -0.121. The van der Waals surface area contributed by atoms with Crippen LogP contribution in [0.5, 0.6) is 5.75 Å². The molecule has 0 atom stereocenters. The van der Waals surface area contributed by atoms with Crippen LogP contribution in [0.3, 0.4) is 0 Å². The summed E-state index contributed by atoms with van der Waals surface area (Å²) in [6.45, 7) is 6.32. The first-order valence-corrected chi connectivity index (χ1v) is 13.9. The number of aromatic nitrogens is 3. The zero-order chi connectivity index (χ0) is 29.0. The average molecular weight is 577 g/mol. The molecule has 0 fully saturated rings. The number of alkyl carbamates (subject to hydrolysis) is 1. The predicted molar refractivity (Wildman–Crippen MR) is 157 cm³/mol. The number of halogens is 1. The molecule has 9 nitrogen and oxygen atoms in total. The second-order valence-electron chi connectivity index (χ2n) is 10.2. The molecule has 0 bridgehead atoms. The lowest BCUT2D eigenvalue weighted by atomic mass is 10.0. The standard InChI is InChI=1S/C30H29FN4O5S/c1-30(2,3)40-29(37)32-11-12-38-13-14-39-24-17-20(31)7-8-21(24)27-28-22(10-15-41-28)26(34-35-27)19-5-4-18-6-9-25(36)33-23(18)16-19/h4-10,15-17H,11-14H2,1-3H3,(H,32,37)(H,33,36). The number of benzene rings is 2. The van der Waals surface area contributed by atoms with Crippen LogP contribution in [-0.4, -0.2) is 53.2 Å². The highest BCUT2D eigenvalue weighted by Crippen LogP contribution is 2.39. The van der Waals surface area contributed by atoms with E-state index in [1.54, 1.807) is 32.9 Å². The van der Waals surface area contributed by atoms with Crippen LogP contribution in [0.1, 0.15) is 20.8 Å². The highest BCUT2D eigenvalue weighted by Gasteiger charge is 2.18. The van der Waals surface area contributed by atoms with Gasteiger partial charge in [0.25, 0.3) is 0 Å². The van der Waals surface area contributed by atoms with Crippen LogP contribution in [-0.2, 0) is 9.47 Å². The molecule has 0 aliphatic carbocycles. The molecule has 0 aliphatic heterocycles. The second kappa shape index (κ2) is 12.0. The number of pyridine rings is 1. The molecule has 3 heterocycles. The predicted octanol–water partition coefficient (Wildman–Crippen LogP) is 5.93. The second-order valence-corrected chi connectivity index (χ2v) is 11.1. The Morgan fingerprint density at radius 3 is 2.63 bits per heavy atom. The largest absolute Gasteiger partial charge is 0.490 e. The molecule has 5 aromatic rings. The highest BCUT2D eigenvalue weighted by atomic mass is 32.1. The third kappa shape index (κ3) is 6.87. The number of fused-ring (bicyclic) bond motifs is 2. The van der Waals surface area contributed by atoms with Crippen LogP contribution < -0.4 is 15.6 Å². The summed E-state index contributed by atoms with van der Waals surface area (Å²) in [5, 5.41) is 15.4. The average Bonchev–Trinajstić information content (AvgIpc) is 3.41. The summed E-state index contributed by atoms with van der Waals surface area (Å²) >= 11 is 1.50. The number of rotatable bonds is 9. The van der Waals surface area contributed by atoms with Gasteiger partial charge >= 0.3 is 6.09 Å². The molecule has 0 aliphatic rings. The van der Waals surface area contributed by atoms with Crippen molar-refractivity contribution in [1.82, 2.24) is 20.5 Å². The number of nitrogens with one attached hydrogen (secondary N) is 2. The van der Waals surface area contributed by atoms with E-state index in [0.717, 1.165) is 21.0 Å². The van der Waals surface area contributed by atoms with Crippen LogP contribution >= 0.6 is 11.3 Å². The summed E-state index contributed by atoms with van der Waals surface area (Å²) in [6, 6.07) is 15.3. The Morgan fingerprint density at radius 1 is 1.00 bits per heavy atom. The number of carbonyl (C=O) groups excluding carboxylic acids is 1. The molecule has 1 amide bonds. The Morgan fingerprint density at radius 2 is 1.80 bits per heavy atom. The number of nitrogens with zero attached hydrogens (tertiary/aromatic N) is 2. The summed E-state index contributed by atoms with van der Waals surface area (Å²) in [7, 11) is 0. The summed E-state index contributed by atoms with van der Waals surface area (Å²) in [4.78, 5) is 26.4. The van der Waals surface area contributed by atoms with Gasteiger partial charge in [-0.3, -0.25) is 4.79 Å². The van der Waals surface area contributed by atoms with Crippen molar-refractivity contribution in [3.8, 4) is 28.3 Å². The van der Waals surface area contributed by atoms with Crippen LogP contribution in [0.4, 0.5) is 9.18 Å². The number of hydrogen-bond donors (Lipinski definition) is 2. The quantitative estimate of drug-likeness (QED) is 0.209. The first-order valence-electron chi connectivity index (χ1n) is 13.0. The van der Waals surface area contributed by atoms with Crippen molar-refractivity contribution in [3.63, 3.8) is 0 Å². The topological polar surface area (TPSA) is 115 Å². The summed E-state index contributed by atoms with van der Waals surface area (Å²) in [6.07, 6.45) is -0.510. The summed E-state index contributed by atoms with van der Waals surface area (Å²) in [5.41, 5.74) is 2.63. The molecule has 11 heteroatoms. The molecule has 0 saturated carbocycles. The fraction of sp³-hybridized carbons (Fsp3) is 0.267. The fourth-order valence-corrected chi connectivity index (χ4v) is 5.12. The number of ether oxygens (including phenoxy) is 3. The number of hydrogen-bond acceptors (Lipinski definition) is 8. The maximum atomic E-state index is 14.2. The number of H-pyrrole nitrogens is 1. The fourth-order valence-electron chi connectivity index (χ4n) is 4.23. The van der Waals surface area contributed by atoms with Crippen LogP contribution in [0.15, 0.2) is 64.8 Å². The van der Waals surface area contributed by atoms with E-state index < -0.39 is 17.5 Å². The molecule has 2 N–H and O–H groups in total. The Kier molecular flexibility index (Phi) is 8.27. The van der Waals surface area contributed by atoms with Gasteiger partial charge in [-0.2, -0.15) is 0 Å². The molecule has 0 saturated heterocycles.